The molecular formula is C15H10Cl2N2O5. The third kappa shape index (κ3) is 4.94. The standard InChI is InChI=1S/C15H10Cl2N2O5/c16-10-5-11(17)7-12(6-10)18-14(20)8-24-15(21)9-1-3-13(4-2-9)19(22)23/h1-7H,8H2,(H,18,20). The molecular weight excluding hydrogens is 359 g/mol. The van der Waals surface area contributed by atoms with Gasteiger partial charge in [0.15, 0.2) is 6.61 Å². The number of benzene rings is 2. The van der Waals surface area contributed by atoms with Crippen LogP contribution in [0.2, 0.25) is 10.0 Å². The second-order valence-electron chi connectivity index (χ2n) is 4.59. The van der Waals surface area contributed by atoms with Crippen molar-refractivity contribution in [3.05, 3.63) is 68.2 Å². The fourth-order valence-corrected chi connectivity index (χ4v) is 2.28. The summed E-state index contributed by atoms with van der Waals surface area (Å²) in [5.41, 5.74) is 0.310. The molecule has 24 heavy (non-hydrogen) atoms. The summed E-state index contributed by atoms with van der Waals surface area (Å²) in [5, 5.41) is 13.7. The van der Waals surface area contributed by atoms with Crippen molar-refractivity contribution in [2.75, 3.05) is 11.9 Å². The first-order valence-corrected chi connectivity index (χ1v) is 7.28. The van der Waals surface area contributed by atoms with Crippen LogP contribution in [0, 0.1) is 10.1 Å². The van der Waals surface area contributed by atoms with E-state index in [9.17, 15) is 19.7 Å². The lowest BCUT2D eigenvalue weighted by molar-refractivity contribution is -0.384. The van der Waals surface area contributed by atoms with Gasteiger partial charge in [-0.05, 0) is 30.3 Å². The second-order valence-corrected chi connectivity index (χ2v) is 5.46. The summed E-state index contributed by atoms with van der Waals surface area (Å²) in [6.07, 6.45) is 0. The van der Waals surface area contributed by atoms with Crippen LogP contribution in [0.15, 0.2) is 42.5 Å². The van der Waals surface area contributed by atoms with Gasteiger partial charge in [-0.15, -0.1) is 0 Å². The number of hydrogen-bond acceptors (Lipinski definition) is 5. The molecule has 1 N–H and O–H groups in total. The molecule has 0 radical (unpaired) electrons. The van der Waals surface area contributed by atoms with Gasteiger partial charge in [-0.3, -0.25) is 14.9 Å². The zero-order chi connectivity index (χ0) is 17.7. The molecule has 0 bridgehead atoms. The predicted molar refractivity (Wildman–Crippen MR) is 88.5 cm³/mol. The van der Waals surface area contributed by atoms with Crippen LogP contribution >= 0.6 is 23.2 Å². The van der Waals surface area contributed by atoms with Crippen molar-refractivity contribution in [3.8, 4) is 0 Å². The van der Waals surface area contributed by atoms with Gasteiger partial charge in [-0.25, -0.2) is 4.79 Å². The van der Waals surface area contributed by atoms with Crippen LogP contribution in [-0.4, -0.2) is 23.4 Å². The maximum atomic E-state index is 11.8. The second kappa shape index (κ2) is 7.76. The van der Waals surface area contributed by atoms with E-state index in [-0.39, 0.29) is 11.3 Å². The number of nitro groups is 1. The summed E-state index contributed by atoms with van der Waals surface area (Å²) in [5.74, 6) is -1.35. The molecule has 0 spiro atoms. The lowest BCUT2D eigenvalue weighted by Crippen LogP contribution is -2.20. The van der Waals surface area contributed by atoms with Gasteiger partial charge in [-0.1, -0.05) is 23.2 Å². The number of halogens is 2. The van der Waals surface area contributed by atoms with E-state index in [4.69, 9.17) is 27.9 Å². The number of nitro benzene ring substituents is 1. The van der Waals surface area contributed by atoms with Gasteiger partial charge in [0.1, 0.15) is 0 Å². The highest BCUT2D eigenvalue weighted by Crippen LogP contribution is 2.22. The molecule has 0 atom stereocenters. The largest absolute Gasteiger partial charge is 0.452 e. The first-order valence-electron chi connectivity index (χ1n) is 6.52. The van der Waals surface area contributed by atoms with Gasteiger partial charge in [0, 0.05) is 27.9 Å². The molecule has 0 saturated heterocycles. The summed E-state index contributed by atoms with van der Waals surface area (Å²) in [6.45, 7) is -0.528. The highest BCUT2D eigenvalue weighted by atomic mass is 35.5. The normalized spacial score (nSPS) is 10.1. The van der Waals surface area contributed by atoms with Gasteiger partial charge >= 0.3 is 5.97 Å². The summed E-state index contributed by atoms with van der Waals surface area (Å²) in [4.78, 5) is 33.5. The molecule has 0 aliphatic carbocycles. The Morgan fingerprint density at radius 2 is 1.67 bits per heavy atom. The Morgan fingerprint density at radius 1 is 1.08 bits per heavy atom. The summed E-state index contributed by atoms with van der Waals surface area (Å²) < 4.78 is 4.84. The number of nitrogens with zero attached hydrogens (tertiary/aromatic N) is 1. The van der Waals surface area contributed by atoms with Crippen molar-refractivity contribution in [3.63, 3.8) is 0 Å². The van der Waals surface area contributed by atoms with Crippen LogP contribution in [0.1, 0.15) is 10.4 Å². The zero-order valence-corrected chi connectivity index (χ0v) is 13.5. The van der Waals surface area contributed by atoms with Crippen molar-refractivity contribution in [2.24, 2.45) is 0 Å². The Morgan fingerprint density at radius 3 is 2.21 bits per heavy atom. The molecule has 0 heterocycles. The van der Waals surface area contributed by atoms with Crippen molar-refractivity contribution < 1.29 is 19.2 Å². The van der Waals surface area contributed by atoms with E-state index in [1.807, 2.05) is 0 Å². The first kappa shape index (κ1) is 17.7. The summed E-state index contributed by atoms with van der Waals surface area (Å²) in [6, 6.07) is 9.32. The van der Waals surface area contributed by atoms with E-state index >= 15 is 0 Å². The van der Waals surface area contributed by atoms with E-state index in [0.29, 0.717) is 15.7 Å². The van der Waals surface area contributed by atoms with Crippen LogP contribution in [0.25, 0.3) is 0 Å². The molecule has 0 saturated carbocycles. The van der Waals surface area contributed by atoms with E-state index < -0.39 is 23.4 Å². The Balaban J connectivity index is 1.91. The molecule has 0 aliphatic heterocycles. The van der Waals surface area contributed by atoms with Crippen molar-refractivity contribution >= 4 is 46.5 Å². The summed E-state index contributed by atoms with van der Waals surface area (Å²) >= 11 is 11.6. The van der Waals surface area contributed by atoms with Crippen LogP contribution in [0.4, 0.5) is 11.4 Å². The fraction of sp³-hybridized carbons (Fsp3) is 0.0667. The molecule has 0 fully saturated rings. The number of esters is 1. The molecule has 124 valence electrons. The molecule has 0 aromatic heterocycles. The Kier molecular flexibility index (Phi) is 5.73. The fourth-order valence-electron chi connectivity index (χ4n) is 1.76. The molecule has 9 heteroatoms. The van der Waals surface area contributed by atoms with Gasteiger partial charge in [0.25, 0.3) is 11.6 Å². The highest BCUT2D eigenvalue weighted by molar-refractivity contribution is 6.35. The van der Waals surface area contributed by atoms with E-state index in [2.05, 4.69) is 5.32 Å². The van der Waals surface area contributed by atoms with Crippen molar-refractivity contribution in [1.29, 1.82) is 0 Å². The smallest absolute Gasteiger partial charge is 0.338 e. The number of hydrogen-bond donors (Lipinski definition) is 1. The van der Waals surface area contributed by atoms with E-state index in [1.54, 1.807) is 0 Å². The minimum atomic E-state index is -0.774. The van der Waals surface area contributed by atoms with Crippen molar-refractivity contribution in [1.82, 2.24) is 0 Å². The third-order valence-electron chi connectivity index (χ3n) is 2.79. The van der Waals surface area contributed by atoms with Gasteiger partial charge < -0.3 is 10.1 Å². The van der Waals surface area contributed by atoms with Gasteiger partial charge in [-0.2, -0.15) is 0 Å². The number of rotatable bonds is 5. The number of anilines is 1. The number of nitrogens with one attached hydrogen (secondary N) is 1. The quantitative estimate of drug-likeness (QED) is 0.492. The maximum Gasteiger partial charge on any atom is 0.338 e. The monoisotopic (exact) mass is 368 g/mol. The lowest BCUT2D eigenvalue weighted by Gasteiger charge is -2.07. The van der Waals surface area contributed by atoms with Crippen LogP contribution < -0.4 is 5.32 Å². The first-order chi connectivity index (χ1) is 11.3. The maximum absolute atomic E-state index is 11.8. The number of carbonyl (C=O) groups excluding carboxylic acids is 2. The Bertz CT molecular complexity index is 773. The number of amides is 1. The minimum Gasteiger partial charge on any atom is -0.452 e. The van der Waals surface area contributed by atoms with Crippen molar-refractivity contribution in [2.45, 2.75) is 0 Å². The van der Waals surface area contributed by atoms with Crippen LogP contribution in [0.3, 0.4) is 0 Å². The highest BCUT2D eigenvalue weighted by Gasteiger charge is 2.13. The zero-order valence-electron chi connectivity index (χ0n) is 12.0. The lowest BCUT2D eigenvalue weighted by atomic mass is 10.2. The Hall–Kier alpha value is -2.64. The topological polar surface area (TPSA) is 98.5 Å². The van der Waals surface area contributed by atoms with E-state index in [1.165, 1.54) is 42.5 Å². The minimum absolute atomic E-state index is 0.0965. The molecule has 2 aromatic rings. The van der Waals surface area contributed by atoms with Crippen LogP contribution in [-0.2, 0) is 9.53 Å². The molecule has 2 rings (SSSR count). The molecule has 1 amide bonds. The van der Waals surface area contributed by atoms with Gasteiger partial charge in [0.2, 0.25) is 0 Å². The molecule has 7 nitrogen and oxygen atoms in total. The molecule has 0 unspecified atom stereocenters. The third-order valence-corrected chi connectivity index (χ3v) is 3.23. The number of ether oxygens (including phenoxy) is 1. The van der Waals surface area contributed by atoms with E-state index in [0.717, 1.165) is 0 Å². The average molecular weight is 369 g/mol. The summed E-state index contributed by atoms with van der Waals surface area (Å²) in [7, 11) is 0. The predicted octanol–water partition coefficient (Wildman–Crippen LogP) is 3.70. The van der Waals surface area contributed by atoms with Gasteiger partial charge in [0.05, 0.1) is 10.5 Å². The number of non-ortho nitro benzene ring substituents is 1. The molecule has 0 aliphatic rings. The van der Waals surface area contributed by atoms with Crippen LogP contribution in [0.5, 0.6) is 0 Å². The Labute approximate surface area is 146 Å². The number of carbonyl (C=O) groups is 2. The average Bonchev–Trinajstić information content (AvgIpc) is 2.51. The molecule has 2 aromatic carbocycles. The SMILES string of the molecule is O=C(COC(=O)c1ccc([N+](=O)[O-])cc1)Nc1cc(Cl)cc(Cl)c1.